The fourth-order valence-electron chi connectivity index (χ4n) is 2.18. The number of aromatic nitrogens is 3. The topological polar surface area (TPSA) is 51.1 Å². The molecule has 0 aliphatic rings. The Kier molecular flexibility index (Phi) is 5.13. The number of anilines is 1. The molecule has 134 valence electrons. The molecular weight excluding hydrogens is 345 g/mol. The Morgan fingerprint density at radius 3 is 2.35 bits per heavy atom. The van der Waals surface area contributed by atoms with E-state index in [4.69, 9.17) is 4.84 Å². The molecular formula is C18H15F3N4O. The van der Waals surface area contributed by atoms with E-state index in [1.165, 1.54) is 24.5 Å². The smallest absolute Gasteiger partial charge is 0.268 e. The van der Waals surface area contributed by atoms with Crippen LogP contribution < -0.4 is 5.06 Å². The van der Waals surface area contributed by atoms with Crippen LogP contribution >= 0.6 is 0 Å². The SMILES string of the molecule is CN(OCc1ccccc1)c1cc(C(F)(F)F)nc(-c2ccncc2)n1. The molecule has 2 aromatic heterocycles. The highest BCUT2D eigenvalue weighted by atomic mass is 19.4. The summed E-state index contributed by atoms with van der Waals surface area (Å²) in [6.07, 6.45) is -1.66. The maximum Gasteiger partial charge on any atom is 0.433 e. The summed E-state index contributed by atoms with van der Waals surface area (Å²) in [4.78, 5) is 17.2. The molecule has 1 aromatic carbocycles. The van der Waals surface area contributed by atoms with E-state index in [0.717, 1.165) is 11.6 Å². The Balaban J connectivity index is 1.90. The summed E-state index contributed by atoms with van der Waals surface area (Å²) in [6.45, 7) is 0.202. The van der Waals surface area contributed by atoms with Crippen molar-refractivity contribution in [2.75, 3.05) is 12.1 Å². The normalized spacial score (nSPS) is 11.4. The summed E-state index contributed by atoms with van der Waals surface area (Å²) < 4.78 is 39.6. The second-order valence-electron chi connectivity index (χ2n) is 5.43. The van der Waals surface area contributed by atoms with Crippen molar-refractivity contribution >= 4 is 5.82 Å². The van der Waals surface area contributed by atoms with Gasteiger partial charge in [-0.2, -0.15) is 13.2 Å². The molecule has 0 unspecified atom stereocenters. The number of rotatable bonds is 5. The number of benzene rings is 1. The minimum atomic E-state index is -4.60. The quantitative estimate of drug-likeness (QED) is 0.641. The molecule has 3 aromatic rings. The standard InChI is InChI=1S/C18H15F3N4O/c1-25(26-12-13-5-3-2-4-6-13)16-11-15(18(19,20)21)23-17(24-16)14-7-9-22-10-8-14/h2-11H,12H2,1H3. The molecule has 0 saturated carbocycles. The van der Waals surface area contributed by atoms with E-state index in [0.29, 0.717) is 5.56 Å². The second kappa shape index (κ2) is 7.49. The van der Waals surface area contributed by atoms with Crippen LogP contribution in [0.25, 0.3) is 11.4 Å². The first-order chi connectivity index (χ1) is 12.4. The lowest BCUT2D eigenvalue weighted by Crippen LogP contribution is -2.21. The minimum absolute atomic E-state index is 0.00932. The molecule has 0 N–H and O–H groups in total. The van der Waals surface area contributed by atoms with Gasteiger partial charge in [-0.3, -0.25) is 9.82 Å². The highest BCUT2D eigenvalue weighted by molar-refractivity contribution is 5.57. The lowest BCUT2D eigenvalue weighted by molar-refractivity contribution is -0.141. The van der Waals surface area contributed by atoms with Gasteiger partial charge in [0.2, 0.25) is 0 Å². The first kappa shape index (κ1) is 17.8. The van der Waals surface area contributed by atoms with Gasteiger partial charge in [0.15, 0.2) is 17.3 Å². The van der Waals surface area contributed by atoms with Gasteiger partial charge in [-0.1, -0.05) is 30.3 Å². The number of halogens is 3. The maximum atomic E-state index is 13.2. The highest BCUT2D eigenvalue weighted by Crippen LogP contribution is 2.31. The van der Waals surface area contributed by atoms with Gasteiger partial charge in [-0.15, -0.1) is 0 Å². The monoisotopic (exact) mass is 360 g/mol. The molecule has 0 amide bonds. The van der Waals surface area contributed by atoms with Crippen LogP contribution in [0.1, 0.15) is 11.3 Å². The van der Waals surface area contributed by atoms with E-state index >= 15 is 0 Å². The van der Waals surface area contributed by atoms with E-state index in [9.17, 15) is 13.2 Å². The van der Waals surface area contributed by atoms with Crippen molar-refractivity contribution in [2.45, 2.75) is 12.8 Å². The van der Waals surface area contributed by atoms with Crippen LogP contribution in [0.15, 0.2) is 60.9 Å². The minimum Gasteiger partial charge on any atom is -0.268 e. The van der Waals surface area contributed by atoms with Crippen LogP contribution in [0.5, 0.6) is 0 Å². The average molecular weight is 360 g/mol. The van der Waals surface area contributed by atoms with Gasteiger partial charge in [0.05, 0.1) is 6.61 Å². The molecule has 0 atom stereocenters. The molecule has 0 radical (unpaired) electrons. The molecule has 2 heterocycles. The molecule has 0 aliphatic carbocycles. The molecule has 3 rings (SSSR count). The molecule has 0 saturated heterocycles. The van der Waals surface area contributed by atoms with Crippen LogP contribution in [-0.4, -0.2) is 22.0 Å². The molecule has 0 fully saturated rings. The third-order valence-electron chi connectivity index (χ3n) is 3.53. The fraction of sp³-hybridized carbons (Fsp3) is 0.167. The lowest BCUT2D eigenvalue weighted by Gasteiger charge is -2.19. The molecule has 0 bridgehead atoms. The first-order valence-corrected chi connectivity index (χ1v) is 7.71. The van der Waals surface area contributed by atoms with E-state index in [2.05, 4.69) is 15.0 Å². The van der Waals surface area contributed by atoms with Crippen molar-refractivity contribution in [2.24, 2.45) is 0 Å². The molecule has 8 heteroatoms. The molecule has 26 heavy (non-hydrogen) atoms. The predicted molar refractivity (Wildman–Crippen MR) is 89.9 cm³/mol. The van der Waals surface area contributed by atoms with Crippen LogP contribution in [-0.2, 0) is 17.6 Å². The number of hydrogen-bond acceptors (Lipinski definition) is 5. The first-order valence-electron chi connectivity index (χ1n) is 7.71. The zero-order chi connectivity index (χ0) is 18.6. The van der Waals surface area contributed by atoms with Gasteiger partial charge < -0.3 is 0 Å². The summed E-state index contributed by atoms with van der Waals surface area (Å²) in [6, 6.07) is 13.2. The lowest BCUT2D eigenvalue weighted by atomic mass is 10.2. The summed E-state index contributed by atoms with van der Waals surface area (Å²) in [5, 5.41) is 1.20. The molecule has 0 spiro atoms. The summed E-state index contributed by atoms with van der Waals surface area (Å²) in [7, 11) is 1.50. The third kappa shape index (κ3) is 4.34. The van der Waals surface area contributed by atoms with Crippen LogP contribution in [0.2, 0.25) is 0 Å². The van der Waals surface area contributed by atoms with Gasteiger partial charge in [0.1, 0.15) is 0 Å². The van der Waals surface area contributed by atoms with Crippen molar-refractivity contribution in [3.8, 4) is 11.4 Å². The number of nitrogens with zero attached hydrogens (tertiary/aromatic N) is 4. The Morgan fingerprint density at radius 1 is 1.00 bits per heavy atom. The van der Waals surface area contributed by atoms with Gasteiger partial charge in [0, 0.05) is 31.1 Å². The van der Waals surface area contributed by atoms with Crippen LogP contribution in [0.4, 0.5) is 19.0 Å². The van der Waals surface area contributed by atoms with Crippen molar-refractivity contribution < 1.29 is 18.0 Å². The van der Waals surface area contributed by atoms with E-state index in [1.54, 1.807) is 12.1 Å². The van der Waals surface area contributed by atoms with Crippen molar-refractivity contribution in [1.29, 1.82) is 0 Å². The number of pyridine rings is 1. The van der Waals surface area contributed by atoms with Gasteiger partial charge in [0.25, 0.3) is 0 Å². The molecule has 0 aliphatic heterocycles. The van der Waals surface area contributed by atoms with Crippen LogP contribution in [0, 0.1) is 0 Å². The van der Waals surface area contributed by atoms with Crippen molar-refractivity contribution in [3.63, 3.8) is 0 Å². The summed E-state index contributed by atoms with van der Waals surface area (Å²) >= 11 is 0. The average Bonchev–Trinajstić information content (AvgIpc) is 2.66. The van der Waals surface area contributed by atoms with E-state index in [-0.39, 0.29) is 18.2 Å². The zero-order valence-corrected chi connectivity index (χ0v) is 13.8. The van der Waals surface area contributed by atoms with E-state index < -0.39 is 11.9 Å². The highest BCUT2D eigenvalue weighted by Gasteiger charge is 2.34. The van der Waals surface area contributed by atoms with E-state index in [1.807, 2.05) is 30.3 Å². The Hall–Kier alpha value is -3.00. The number of alkyl halides is 3. The second-order valence-corrected chi connectivity index (χ2v) is 5.43. The van der Waals surface area contributed by atoms with Gasteiger partial charge >= 0.3 is 6.18 Å². The van der Waals surface area contributed by atoms with Crippen molar-refractivity contribution in [3.05, 3.63) is 72.2 Å². The Bertz CT molecular complexity index is 857. The van der Waals surface area contributed by atoms with Crippen LogP contribution in [0.3, 0.4) is 0 Å². The Labute approximate surface area is 148 Å². The summed E-state index contributed by atoms with van der Waals surface area (Å²) in [5.74, 6) is -0.0394. The molecule has 5 nitrogen and oxygen atoms in total. The number of hydroxylamine groups is 1. The summed E-state index contributed by atoms with van der Waals surface area (Å²) in [5.41, 5.74) is 0.284. The predicted octanol–water partition coefficient (Wildman–Crippen LogP) is 4.13. The largest absolute Gasteiger partial charge is 0.433 e. The fourth-order valence-corrected chi connectivity index (χ4v) is 2.18. The van der Waals surface area contributed by atoms with Gasteiger partial charge in [-0.05, 0) is 17.7 Å². The zero-order valence-electron chi connectivity index (χ0n) is 13.8. The Morgan fingerprint density at radius 2 is 1.69 bits per heavy atom. The van der Waals surface area contributed by atoms with Crippen molar-refractivity contribution in [1.82, 2.24) is 15.0 Å². The third-order valence-corrected chi connectivity index (χ3v) is 3.53. The number of hydrogen-bond donors (Lipinski definition) is 0. The maximum absolute atomic E-state index is 13.2. The van der Waals surface area contributed by atoms with Gasteiger partial charge in [-0.25, -0.2) is 15.0 Å².